The standard InChI is InChI=1S/C17H11ClF2N6O/c18-10-4-2-1-3-9(10)14-13-15(24-21)22-17(23-16(13)26-25-14)27-12-6-5-8(19)7-11(12)20/h1-7H,21H2,(H2,22,23,24,25,26). The average molecular weight is 389 g/mol. The molecule has 10 heteroatoms. The van der Waals surface area contributed by atoms with Crippen LogP contribution in [0.5, 0.6) is 11.8 Å². The van der Waals surface area contributed by atoms with Gasteiger partial charge in [0.05, 0.1) is 11.1 Å². The maximum Gasteiger partial charge on any atom is 0.326 e. The lowest BCUT2D eigenvalue weighted by atomic mass is 10.1. The summed E-state index contributed by atoms with van der Waals surface area (Å²) >= 11 is 6.24. The fourth-order valence-electron chi connectivity index (χ4n) is 2.57. The monoisotopic (exact) mass is 388 g/mol. The van der Waals surface area contributed by atoms with Crippen molar-refractivity contribution in [3.05, 3.63) is 59.1 Å². The quantitative estimate of drug-likeness (QED) is 0.360. The summed E-state index contributed by atoms with van der Waals surface area (Å²) in [7, 11) is 0. The zero-order valence-electron chi connectivity index (χ0n) is 13.5. The molecular weight excluding hydrogens is 378 g/mol. The lowest BCUT2D eigenvalue weighted by Crippen LogP contribution is -2.10. The summed E-state index contributed by atoms with van der Waals surface area (Å²) in [4.78, 5) is 8.28. The summed E-state index contributed by atoms with van der Waals surface area (Å²) < 4.78 is 32.2. The van der Waals surface area contributed by atoms with E-state index in [1.54, 1.807) is 18.2 Å². The van der Waals surface area contributed by atoms with Crippen LogP contribution in [-0.2, 0) is 0 Å². The average Bonchev–Trinajstić information content (AvgIpc) is 3.07. The number of nitrogens with one attached hydrogen (secondary N) is 2. The van der Waals surface area contributed by atoms with Gasteiger partial charge in [-0.15, -0.1) is 0 Å². The SMILES string of the molecule is NNc1nc(Oc2ccc(F)cc2F)nc2n[nH]c(-c3ccccc3Cl)c12. The van der Waals surface area contributed by atoms with E-state index in [-0.39, 0.29) is 23.2 Å². The van der Waals surface area contributed by atoms with Crippen molar-refractivity contribution in [1.29, 1.82) is 0 Å². The number of rotatable bonds is 4. The Balaban J connectivity index is 1.81. The Hall–Kier alpha value is -3.30. The maximum atomic E-state index is 13.8. The van der Waals surface area contributed by atoms with Crippen LogP contribution in [0.2, 0.25) is 5.02 Å². The molecule has 0 fully saturated rings. The normalized spacial score (nSPS) is 11.0. The van der Waals surface area contributed by atoms with Crippen molar-refractivity contribution in [1.82, 2.24) is 20.2 Å². The van der Waals surface area contributed by atoms with E-state index in [2.05, 4.69) is 25.6 Å². The van der Waals surface area contributed by atoms with Crippen molar-refractivity contribution in [2.75, 3.05) is 5.43 Å². The highest BCUT2D eigenvalue weighted by molar-refractivity contribution is 6.33. The second kappa shape index (κ2) is 6.78. The summed E-state index contributed by atoms with van der Waals surface area (Å²) in [5.41, 5.74) is 3.91. The number of nitrogen functional groups attached to an aromatic ring is 1. The van der Waals surface area contributed by atoms with Crippen LogP contribution in [0.1, 0.15) is 0 Å². The highest BCUT2D eigenvalue weighted by atomic mass is 35.5. The number of hydrazine groups is 1. The molecule has 4 aromatic rings. The van der Waals surface area contributed by atoms with E-state index in [0.29, 0.717) is 27.7 Å². The molecule has 0 aliphatic carbocycles. The fraction of sp³-hybridized carbons (Fsp3) is 0. The van der Waals surface area contributed by atoms with E-state index in [9.17, 15) is 8.78 Å². The molecule has 0 bridgehead atoms. The number of hydrogen-bond acceptors (Lipinski definition) is 6. The molecule has 0 saturated heterocycles. The largest absolute Gasteiger partial charge is 0.421 e. The van der Waals surface area contributed by atoms with E-state index in [1.807, 2.05) is 6.07 Å². The first kappa shape index (κ1) is 17.1. The second-order valence-corrected chi connectivity index (χ2v) is 5.86. The Labute approximate surface area is 156 Å². The predicted molar refractivity (Wildman–Crippen MR) is 96.4 cm³/mol. The van der Waals surface area contributed by atoms with Crippen LogP contribution in [0.4, 0.5) is 14.6 Å². The van der Waals surface area contributed by atoms with E-state index in [1.165, 1.54) is 0 Å². The van der Waals surface area contributed by atoms with E-state index in [4.69, 9.17) is 22.2 Å². The fourth-order valence-corrected chi connectivity index (χ4v) is 2.80. The minimum Gasteiger partial charge on any atom is -0.421 e. The van der Waals surface area contributed by atoms with E-state index < -0.39 is 11.6 Å². The van der Waals surface area contributed by atoms with Gasteiger partial charge in [-0.3, -0.25) is 5.10 Å². The third kappa shape index (κ3) is 3.14. The van der Waals surface area contributed by atoms with E-state index >= 15 is 0 Å². The lowest BCUT2D eigenvalue weighted by molar-refractivity contribution is 0.410. The number of fused-ring (bicyclic) bond motifs is 1. The summed E-state index contributed by atoms with van der Waals surface area (Å²) in [6.45, 7) is 0. The first-order chi connectivity index (χ1) is 13.1. The molecule has 0 aliphatic heterocycles. The topological polar surface area (TPSA) is 102 Å². The summed E-state index contributed by atoms with van der Waals surface area (Å²) in [5, 5.41) is 7.95. The first-order valence-electron chi connectivity index (χ1n) is 7.67. The number of aromatic amines is 1. The lowest BCUT2D eigenvalue weighted by Gasteiger charge is -2.08. The summed E-state index contributed by atoms with van der Waals surface area (Å²) in [5.74, 6) is 3.92. The predicted octanol–water partition coefficient (Wildman–Crippen LogP) is 4.03. The van der Waals surface area contributed by atoms with Crippen LogP contribution in [0.15, 0.2) is 42.5 Å². The molecule has 2 aromatic heterocycles. The molecule has 0 spiro atoms. The number of nitrogens with two attached hydrogens (primary N) is 1. The van der Waals surface area contributed by atoms with E-state index in [0.717, 1.165) is 12.1 Å². The summed E-state index contributed by atoms with van der Waals surface area (Å²) in [6.07, 6.45) is 0. The molecule has 4 N–H and O–H groups in total. The number of H-pyrrole nitrogens is 1. The van der Waals surface area contributed by atoms with Gasteiger partial charge in [0, 0.05) is 16.7 Å². The van der Waals surface area contributed by atoms with Crippen molar-refractivity contribution >= 4 is 28.5 Å². The highest BCUT2D eigenvalue weighted by Crippen LogP contribution is 2.35. The molecule has 27 heavy (non-hydrogen) atoms. The molecule has 2 heterocycles. The Morgan fingerprint density at radius 2 is 1.93 bits per heavy atom. The van der Waals surface area contributed by atoms with Gasteiger partial charge in [-0.25, -0.2) is 14.6 Å². The van der Waals surface area contributed by atoms with Crippen LogP contribution in [0, 0.1) is 11.6 Å². The van der Waals surface area contributed by atoms with Gasteiger partial charge in [-0.1, -0.05) is 29.8 Å². The van der Waals surface area contributed by atoms with Gasteiger partial charge in [0.2, 0.25) is 0 Å². The number of halogens is 3. The molecule has 0 atom stereocenters. The van der Waals surface area contributed by atoms with Crippen molar-refractivity contribution in [3.63, 3.8) is 0 Å². The smallest absolute Gasteiger partial charge is 0.326 e. The van der Waals surface area contributed by atoms with Crippen molar-refractivity contribution in [2.45, 2.75) is 0 Å². The Kier molecular flexibility index (Phi) is 4.30. The van der Waals surface area contributed by atoms with Gasteiger partial charge in [0.1, 0.15) is 5.82 Å². The van der Waals surface area contributed by atoms with Gasteiger partial charge >= 0.3 is 6.01 Å². The molecule has 0 radical (unpaired) electrons. The third-order valence-electron chi connectivity index (χ3n) is 3.77. The van der Waals surface area contributed by atoms with Gasteiger partial charge < -0.3 is 10.2 Å². The van der Waals surface area contributed by atoms with Crippen LogP contribution >= 0.6 is 11.6 Å². The molecule has 4 rings (SSSR count). The van der Waals surface area contributed by atoms with Crippen LogP contribution in [0.3, 0.4) is 0 Å². The zero-order chi connectivity index (χ0) is 19.0. The Bertz CT molecular complexity index is 1150. The van der Waals surface area contributed by atoms with Crippen molar-refractivity contribution in [3.8, 4) is 23.0 Å². The minimum absolute atomic E-state index is 0.196. The molecule has 2 aromatic carbocycles. The van der Waals surface area contributed by atoms with Crippen LogP contribution < -0.4 is 16.0 Å². The van der Waals surface area contributed by atoms with Gasteiger partial charge in [-0.2, -0.15) is 15.1 Å². The molecule has 0 unspecified atom stereocenters. The van der Waals surface area contributed by atoms with Crippen LogP contribution in [0.25, 0.3) is 22.3 Å². The van der Waals surface area contributed by atoms with Gasteiger partial charge in [0.25, 0.3) is 0 Å². The second-order valence-electron chi connectivity index (χ2n) is 5.45. The number of nitrogens with zero attached hydrogens (tertiary/aromatic N) is 3. The molecule has 0 saturated carbocycles. The van der Waals surface area contributed by atoms with Crippen molar-refractivity contribution < 1.29 is 13.5 Å². The molecular formula is C17H11ClF2N6O. The highest BCUT2D eigenvalue weighted by Gasteiger charge is 2.19. The van der Waals surface area contributed by atoms with Crippen molar-refractivity contribution in [2.24, 2.45) is 5.84 Å². The number of benzene rings is 2. The Morgan fingerprint density at radius 1 is 1.11 bits per heavy atom. The number of hydrogen-bond donors (Lipinski definition) is 3. The summed E-state index contributed by atoms with van der Waals surface area (Å²) in [6, 6.07) is 9.82. The molecule has 136 valence electrons. The minimum atomic E-state index is -0.889. The number of ether oxygens (including phenoxy) is 1. The van der Waals surface area contributed by atoms with Gasteiger partial charge in [0.15, 0.2) is 23.0 Å². The molecule has 0 amide bonds. The zero-order valence-corrected chi connectivity index (χ0v) is 14.3. The number of aromatic nitrogens is 4. The third-order valence-corrected chi connectivity index (χ3v) is 4.10. The molecule has 7 nitrogen and oxygen atoms in total. The maximum absolute atomic E-state index is 13.8. The Morgan fingerprint density at radius 3 is 2.67 bits per heavy atom. The van der Waals surface area contributed by atoms with Gasteiger partial charge in [-0.05, 0) is 18.2 Å². The first-order valence-corrected chi connectivity index (χ1v) is 8.05. The number of anilines is 1. The van der Waals surface area contributed by atoms with Crippen LogP contribution in [-0.4, -0.2) is 20.2 Å². The molecule has 0 aliphatic rings.